The topological polar surface area (TPSA) is 32.3 Å². The molecule has 2 unspecified atom stereocenters. The summed E-state index contributed by atoms with van der Waals surface area (Å²) in [7, 11) is 0. The summed E-state index contributed by atoms with van der Waals surface area (Å²) in [6.45, 7) is 5.17. The van der Waals surface area contributed by atoms with Gasteiger partial charge in [0.05, 0.1) is 0 Å². The Hall–Kier alpha value is -1.02. The van der Waals surface area contributed by atoms with Gasteiger partial charge in [0.15, 0.2) is 0 Å². The molecule has 94 valence electrons. The number of aromatic hydroxyl groups is 1. The minimum atomic E-state index is 0.409. The minimum absolute atomic E-state index is 0.409. The number of phenols is 1. The van der Waals surface area contributed by atoms with Crippen molar-refractivity contribution in [1.82, 2.24) is 5.32 Å². The van der Waals surface area contributed by atoms with Crippen molar-refractivity contribution in [3.63, 3.8) is 0 Å². The van der Waals surface area contributed by atoms with Gasteiger partial charge in [-0.05, 0) is 31.7 Å². The van der Waals surface area contributed by atoms with Crippen molar-refractivity contribution >= 4 is 0 Å². The Morgan fingerprint density at radius 2 is 2.06 bits per heavy atom. The molecular formula is C15H23NO. The third-order valence-corrected chi connectivity index (χ3v) is 3.90. The maximum atomic E-state index is 9.79. The summed E-state index contributed by atoms with van der Waals surface area (Å²) in [6, 6.07) is 6.41. The van der Waals surface area contributed by atoms with Crippen molar-refractivity contribution in [2.24, 2.45) is 5.92 Å². The van der Waals surface area contributed by atoms with Gasteiger partial charge in [-0.25, -0.2) is 0 Å². The van der Waals surface area contributed by atoms with Gasteiger partial charge >= 0.3 is 0 Å². The summed E-state index contributed by atoms with van der Waals surface area (Å²) in [5.74, 6) is 1.17. The average molecular weight is 233 g/mol. The molecule has 0 aromatic heterocycles. The molecular weight excluding hydrogens is 210 g/mol. The molecule has 0 radical (unpaired) electrons. The Morgan fingerprint density at radius 1 is 1.29 bits per heavy atom. The van der Waals surface area contributed by atoms with Gasteiger partial charge in [0.1, 0.15) is 5.75 Å². The van der Waals surface area contributed by atoms with E-state index in [0.717, 1.165) is 18.0 Å². The zero-order chi connectivity index (χ0) is 12.3. The lowest BCUT2D eigenvalue weighted by atomic mass is 9.86. The molecule has 2 heteroatoms. The van der Waals surface area contributed by atoms with E-state index in [0.29, 0.717) is 11.8 Å². The number of hydrogen-bond donors (Lipinski definition) is 2. The van der Waals surface area contributed by atoms with Crippen LogP contribution in [0.5, 0.6) is 5.75 Å². The average Bonchev–Trinajstić information content (AvgIpc) is 2.32. The molecule has 2 nitrogen and oxygen atoms in total. The molecule has 0 saturated heterocycles. The fraction of sp³-hybridized carbons (Fsp3) is 0.600. The summed E-state index contributed by atoms with van der Waals surface area (Å²) < 4.78 is 0. The van der Waals surface area contributed by atoms with E-state index in [9.17, 15) is 5.11 Å². The number of nitrogens with one attached hydrogen (secondary N) is 1. The van der Waals surface area contributed by atoms with Crippen LogP contribution in [0.4, 0.5) is 0 Å². The van der Waals surface area contributed by atoms with Crippen LogP contribution >= 0.6 is 0 Å². The monoisotopic (exact) mass is 233 g/mol. The lowest BCUT2D eigenvalue weighted by Crippen LogP contribution is -2.36. The predicted octanol–water partition coefficient (Wildman–Crippen LogP) is 3.37. The second-order valence-electron chi connectivity index (χ2n) is 5.38. The molecule has 0 bridgehead atoms. The van der Waals surface area contributed by atoms with Crippen molar-refractivity contribution in [2.75, 3.05) is 0 Å². The van der Waals surface area contributed by atoms with Gasteiger partial charge in [-0.15, -0.1) is 0 Å². The van der Waals surface area contributed by atoms with Crippen molar-refractivity contribution < 1.29 is 5.11 Å². The third-order valence-electron chi connectivity index (χ3n) is 3.90. The molecule has 0 heterocycles. The Kier molecular flexibility index (Phi) is 4.06. The molecule has 0 amide bonds. The van der Waals surface area contributed by atoms with Crippen LogP contribution in [-0.2, 0) is 6.54 Å². The van der Waals surface area contributed by atoms with Crippen LogP contribution < -0.4 is 5.32 Å². The van der Waals surface area contributed by atoms with Gasteiger partial charge in [0.2, 0.25) is 0 Å². The smallest absolute Gasteiger partial charge is 0.120 e. The first kappa shape index (κ1) is 12.4. The number of rotatable bonds is 3. The van der Waals surface area contributed by atoms with Gasteiger partial charge in [-0.2, -0.15) is 0 Å². The highest BCUT2D eigenvalue weighted by molar-refractivity contribution is 5.35. The van der Waals surface area contributed by atoms with E-state index in [1.807, 2.05) is 6.07 Å². The van der Waals surface area contributed by atoms with Crippen LogP contribution in [0.3, 0.4) is 0 Å². The normalized spacial score (nSPS) is 24.8. The highest BCUT2D eigenvalue weighted by Gasteiger charge is 2.20. The second kappa shape index (κ2) is 5.54. The van der Waals surface area contributed by atoms with Crippen molar-refractivity contribution in [2.45, 2.75) is 52.1 Å². The van der Waals surface area contributed by atoms with Crippen molar-refractivity contribution in [3.05, 3.63) is 29.3 Å². The van der Waals surface area contributed by atoms with Gasteiger partial charge < -0.3 is 10.4 Å². The van der Waals surface area contributed by atoms with E-state index in [1.165, 1.54) is 31.2 Å². The summed E-state index contributed by atoms with van der Waals surface area (Å²) in [6.07, 6.45) is 5.31. The predicted molar refractivity (Wildman–Crippen MR) is 71.1 cm³/mol. The SMILES string of the molecule is Cc1ccc(O)c(CNC2CCCCC2C)c1. The highest BCUT2D eigenvalue weighted by atomic mass is 16.3. The molecule has 2 N–H and O–H groups in total. The number of aryl methyl sites for hydroxylation is 1. The van der Waals surface area contributed by atoms with Gasteiger partial charge in [0.25, 0.3) is 0 Å². The number of phenolic OH excluding ortho intramolecular Hbond substituents is 1. The molecule has 1 aromatic carbocycles. The summed E-state index contributed by atoms with van der Waals surface area (Å²) >= 11 is 0. The molecule has 1 aliphatic carbocycles. The Morgan fingerprint density at radius 3 is 2.82 bits per heavy atom. The first-order chi connectivity index (χ1) is 8.16. The van der Waals surface area contributed by atoms with Gasteiger partial charge in [0, 0.05) is 18.2 Å². The fourth-order valence-electron chi connectivity index (χ4n) is 2.72. The first-order valence-corrected chi connectivity index (χ1v) is 6.68. The maximum absolute atomic E-state index is 9.79. The maximum Gasteiger partial charge on any atom is 0.120 e. The minimum Gasteiger partial charge on any atom is -0.508 e. The van der Waals surface area contributed by atoms with Crippen LogP contribution in [0.25, 0.3) is 0 Å². The van der Waals surface area contributed by atoms with Crippen molar-refractivity contribution in [3.8, 4) is 5.75 Å². The Labute approximate surface area is 104 Å². The fourth-order valence-corrected chi connectivity index (χ4v) is 2.72. The number of benzene rings is 1. The van der Waals surface area contributed by atoms with Gasteiger partial charge in [-0.1, -0.05) is 37.5 Å². The second-order valence-corrected chi connectivity index (χ2v) is 5.38. The standard InChI is InChI=1S/C15H23NO/c1-11-7-8-15(17)13(9-11)10-16-14-6-4-3-5-12(14)2/h7-9,12,14,16-17H,3-6,10H2,1-2H3. The van der Waals surface area contributed by atoms with Crippen LogP contribution in [0.2, 0.25) is 0 Å². The van der Waals surface area contributed by atoms with Crippen LogP contribution in [0.15, 0.2) is 18.2 Å². The quantitative estimate of drug-likeness (QED) is 0.839. The molecule has 1 aliphatic rings. The largest absolute Gasteiger partial charge is 0.508 e. The first-order valence-electron chi connectivity index (χ1n) is 6.68. The van der Waals surface area contributed by atoms with E-state index >= 15 is 0 Å². The lowest BCUT2D eigenvalue weighted by molar-refractivity contribution is 0.278. The molecule has 1 saturated carbocycles. The van der Waals surface area contributed by atoms with Crippen LogP contribution in [-0.4, -0.2) is 11.1 Å². The van der Waals surface area contributed by atoms with Crippen molar-refractivity contribution in [1.29, 1.82) is 0 Å². The molecule has 0 spiro atoms. The van der Waals surface area contributed by atoms with Gasteiger partial charge in [-0.3, -0.25) is 0 Å². The molecule has 2 atom stereocenters. The molecule has 2 rings (SSSR count). The Balaban J connectivity index is 1.94. The molecule has 0 aliphatic heterocycles. The van der Waals surface area contributed by atoms with E-state index in [4.69, 9.17) is 0 Å². The Bertz CT molecular complexity index is 375. The zero-order valence-electron chi connectivity index (χ0n) is 10.9. The van der Waals surface area contributed by atoms with E-state index < -0.39 is 0 Å². The molecule has 17 heavy (non-hydrogen) atoms. The van der Waals surface area contributed by atoms with E-state index in [-0.39, 0.29) is 0 Å². The zero-order valence-corrected chi connectivity index (χ0v) is 10.9. The van der Waals surface area contributed by atoms with E-state index in [1.54, 1.807) is 6.07 Å². The summed E-state index contributed by atoms with van der Waals surface area (Å²) in [4.78, 5) is 0. The van der Waals surface area contributed by atoms with E-state index in [2.05, 4.69) is 25.2 Å². The summed E-state index contributed by atoms with van der Waals surface area (Å²) in [5.41, 5.74) is 2.22. The molecule has 1 aromatic rings. The lowest BCUT2D eigenvalue weighted by Gasteiger charge is -2.29. The van der Waals surface area contributed by atoms with Crippen LogP contribution in [0.1, 0.15) is 43.7 Å². The summed E-state index contributed by atoms with van der Waals surface area (Å²) in [5, 5.41) is 13.4. The highest BCUT2D eigenvalue weighted by Crippen LogP contribution is 2.25. The number of hydrogen-bond acceptors (Lipinski definition) is 2. The third kappa shape index (κ3) is 3.22. The molecule has 1 fully saturated rings. The van der Waals surface area contributed by atoms with Crippen LogP contribution in [0, 0.1) is 12.8 Å².